The SMILES string of the molecule is CCOC(=O)c1c(NC(C)=O)c(O)n2c1nc(-c1ccccc1)c1cc(Cl)ccc12. The fourth-order valence-electron chi connectivity index (χ4n) is 3.45. The smallest absolute Gasteiger partial charge is 0.344 e. The second-order valence-corrected chi connectivity index (χ2v) is 7.06. The van der Waals surface area contributed by atoms with Crippen molar-refractivity contribution in [2.24, 2.45) is 0 Å². The molecule has 8 heteroatoms. The average Bonchev–Trinajstić information content (AvgIpc) is 2.99. The molecule has 0 aliphatic rings. The average molecular weight is 424 g/mol. The number of amides is 1. The highest BCUT2D eigenvalue weighted by Gasteiger charge is 2.28. The number of hydrogen-bond acceptors (Lipinski definition) is 5. The van der Waals surface area contributed by atoms with Crippen LogP contribution in [-0.2, 0) is 9.53 Å². The molecular formula is C22H18ClN3O4. The molecule has 1 amide bonds. The number of rotatable bonds is 4. The third-order valence-corrected chi connectivity index (χ3v) is 4.86. The van der Waals surface area contributed by atoms with Crippen molar-refractivity contribution in [3.05, 3.63) is 59.1 Å². The van der Waals surface area contributed by atoms with Crippen molar-refractivity contribution in [1.82, 2.24) is 9.38 Å². The van der Waals surface area contributed by atoms with Crippen molar-refractivity contribution in [3.8, 4) is 17.1 Å². The molecule has 4 rings (SSSR count). The Balaban J connectivity index is 2.18. The number of benzene rings is 2. The van der Waals surface area contributed by atoms with Crippen molar-refractivity contribution < 1.29 is 19.4 Å². The van der Waals surface area contributed by atoms with Gasteiger partial charge in [0.05, 0.1) is 17.8 Å². The monoisotopic (exact) mass is 423 g/mol. The van der Waals surface area contributed by atoms with Gasteiger partial charge in [-0.15, -0.1) is 0 Å². The van der Waals surface area contributed by atoms with Gasteiger partial charge in [0.15, 0.2) is 5.65 Å². The summed E-state index contributed by atoms with van der Waals surface area (Å²) in [6.45, 7) is 3.09. The van der Waals surface area contributed by atoms with Crippen molar-refractivity contribution in [2.75, 3.05) is 11.9 Å². The van der Waals surface area contributed by atoms with E-state index < -0.39 is 11.9 Å². The molecule has 7 nitrogen and oxygen atoms in total. The van der Waals surface area contributed by atoms with Crippen LogP contribution in [-0.4, -0.2) is 33.0 Å². The van der Waals surface area contributed by atoms with Crippen LogP contribution in [0, 0.1) is 0 Å². The highest BCUT2D eigenvalue weighted by molar-refractivity contribution is 6.31. The number of fused-ring (bicyclic) bond motifs is 3. The van der Waals surface area contributed by atoms with Crippen LogP contribution in [0.15, 0.2) is 48.5 Å². The van der Waals surface area contributed by atoms with E-state index in [-0.39, 0.29) is 29.4 Å². The first kappa shape index (κ1) is 19.7. The molecule has 0 saturated heterocycles. The number of nitrogens with one attached hydrogen (secondary N) is 1. The van der Waals surface area contributed by atoms with E-state index in [0.717, 1.165) is 5.56 Å². The van der Waals surface area contributed by atoms with Crippen LogP contribution in [0.3, 0.4) is 0 Å². The highest BCUT2D eigenvalue weighted by atomic mass is 35.5. The number of anilines is 1. The predicted molar refractivity (Wildman–Crippen MR) is 115 cm³/mol. The summed E-state index contributed by atoms with van der Waals surface area (Å²) in [6.07, 6.45) is 0. The first-order valence-electron chi connectivity index (χ1n) is 9.29. The molecular weight excluding hydrogens is 406 g/mol. The molecule has 2 N–H and O–H groups in total. The maximum atomic E-state index is 12.8. The molecule has 0 unspecified atom stereocenters. The van der Waals surface area contributed by atoms with Gasteiger partial charge in [0.2, 0.25) is 11.8 Å². The first-order valence-corrected chi connectivity index (χ1v) is 9.67. The molecule has 0 spiro atoms. The second kappa shape index (κ2) is 7.68. The van der Waals surface area contributed by atoms with Gasteiger partial charge in [-0.05, 0) is 25.1 Å². The van der Waals surface area contributed by atoms with Gasteiger partial charge in [-0.2, -0.15) is 0 Å². The molecule has 0 radical (unpaired) electrons. The van der Waals surface area contributed by atoms with Gasteiger partial charge in [0.1, 0.15) is 11.3 Å². The van der Waals surface area contributed by atoms with Crippen LogP contribution >= 0.6 is 11.6 Å². The van der Waals surface area contributed by atoms with Crippen molar-refractivity contribution in [3.63, 3.8) is 0 Å². The minimum absolute atomic E-state index is 0.0152. The van der Waals surface area contributed by atoms with Crippen molar-refractivity contribution >= 4 is 45.7 Å². The lowest BCUT2D eigenvalue weighted by molar-refractivity contribution is -0.114. The zero-order valence-electron chi connectivity index (χ0n) is 16.3. The second-order valence-electron chi connectivity index (χ2n) is 6.62. The number of hydrogen-bond donors (Lipinski definition) is 2. The zero-order valence-corrected chi connectivity index (χ0v) is 17.0. The fraction of sp³-hybridized carbons (Fsp3) is 0.136. The predicted octanol–water partition coefficient (Wildman–Crippen LogP) is 4.65. The van der Waals surface area contributed by atoms with Crippen LogP contribution < -0.4 is 5.32 Å². The van der Waals surface area contributed by atoms with Gasteiger partial charge in [-0.1, -0.05) is 41.9 Å². The minimum atomic E-state index is -0.695. The Morgan fingerprint density at radius 2 is 1.93 bits per heavy atom. The third-order valence-electron chi connectivity index (χ3n) is 4.62. The van der Waals surface area contributed by atoms with Crippen LogP contribution in [0.1, 0.15) is 24.2 Å². The molecule has 0 atom stereocenters. The van der Waals surface area contributed by atoms with E-state index in [1.165, 1.54) is 11.3 Å². The Morgan fingerprint density at radius 1 is 1.20 bits per heavy atom. The molecule has 0 saturated carbocycles. The summed E-state index contributed by atoms with van der Waals surface area (Å²) in [6, 6.07) is 14.6. The molecule has 2 aromatic carbocycles. The molecule has 0 bridgehead atoms. The number of aromatic hydroxyl groups is 1. The summed E-state index contributed by atoms with van der Waals surface area (Å²) in [5.41, 5.74) is 2.07. The van der Waals surface area contributed by atoms with Crippen LogP contribution in [0.2, 0.25) is 5.02 Å². The number of nitrogens with zero attached hydrogens (tertiary/aromatic N) is 2. The van der Waals surface area contributed by atoms with E-state index in [0.29, 0.717) is 21.6 Å². The van der Waals surface area contributed by atoms with E-state index in [9.17, 15) is 14.7 Å². The largest absolute Gasteiger partial charge is 0.493 e. The number of aromatic nitrogens is 2. The molecule has 4 aromatic rings. The van der Waals surface area contributed by atoms with Crippen LogP contribution in [0.25, 0.3) is 27.8 Å². The van der Waals surface area contributed by atoms with Gasteiger partial charge in [-0.25, -0.2) is 9.78 Å². The van der Waals surface area contributed by atoms with E-state index in [2.05, 4.69) is 5.32 Å². The molecule has 152 valence electrons. The standard InChI is InChI=1S/C22H18ClN3O4/c1-3-30-22(29)17-19(24-12(2)27)21(28)26-16-10-9-14(23)11-15(16)18(25-20(17)26)13-7-5-4-6-8-13/h4-11,28H,3H2,1-2H3,(H,24,27). The highest BCUT2D eigenvalue weighted by Crippen LogP contribution is 2.39. The molecule has 2 aromatic heterocycles. The number of ether oxygens (including phenoxy) is 1. The van der Waals surface area contributed by atoms with E-state index >= 15 is 0 Å². The number of halogens is 1. The summed E-state index contributed by atoms with van der Waals surface area (Å²) >= 11 is 6.24. The molecule has 0 aliphatic carbocycles. The quantitative estimate of drug-likeness (QED) is 0.466. The van der Waals surface area contributed by atoms with E-state index in [4.69, 9.17) is 21.3 Å². The lowest BCUT2D eigenvalue weighted by Gasteiger charge is -2.11. The molecule has 2 heterocycles. The van der Waals surface area contributed by atoms with Crippen molar-refractivity contribution in [1.29, 1.82) is 0 Å². The van der Waals surface area contributed by atoms with Gasteiger partial charge in [0, 0.05) is 22.9 Å². The first-order chi connectivity index (χ1) is 14.4. The zero-order chi connectivity index (χ0) is 21.4. The topological polar surface area (TPSA) is 92.9 Å². The summed E-state index contributed by atoms with van der Waals surface area (Å²) in [7, 11) is 0. The molecule has 0 aliphatic heterocycles. The van der Waals surface area contributed by atoms with Gasteiger partial charge in [-0.3, -0.25) is 9.20 Å². The van der Waals surface area contributed by atoms with Crippen LogP contribution in [0.4, 0.5) is 5.69 Å². The summed E-state index contributed by atoms with van der Waals surface area (Å²) in [5, 5.41) is 14.6. The fourth-order valence-corrected chi connectivity index (χ4v) is 3.62. The van der Waals surface area contributed by atoms with Crippen molar-refractivity contribution in [2.45, 2.75) is 13.8 Å². The Bertz CT molecular complexity index is 1300. The number of carbonyl (C=O) groups excluding carboxylic acids is 2. The Kier molecular flexibility index (Phi) is 5.05. The summed E-state index contributed by atoms with van der Waals surface area (Å²) in [5.74, 6) is -1.45. The summed E-state index contributed by atoms with van der Waals surface area (Å²) in [4.78, 5) is 29.2. The third kappa shape index (κ3) is 3.23. The minimum Gasteiger partial charge on any atom is -0.493 e. The van der Waals surface area contributed by atoms with Gasteiger partial charge >= 0.3 is 5.97 Å². The number of carbonyl (C=O) groups is 2. The number of esters is 1. The van der Waals surface area contributed by atoms with Gasteiger partial charge in [0.25, 0.3) is 0 Å². The van der Waals surface area contributed by atoms with Crippen LogP contribution in [0.5, 0.6) is 5.88 Å². The maximum Gasteiger partial charge on any atom is 0.344 e. The normalized spacial score (nSPS) is 11.0. The maximum absolute atomic E-state index is 12.8. The summed E-state index contributed by atoms with van der Waals surface area (Å²) < 4.78 is 6.58. The van der Waals surface area contributed by atoms with Gasteiger partial charge < -0.3 is 15.2 Å². The Labute approximate surface area is 176 Å². The molecule has 0 fully saturated rings. The molecule has 30 heavy (non-hydrogen) atoms. The Hall–Kier alpha value is -3.58. The lowest BCUT2D eigenvalue weighted by atomic mass is 10.1. The van der Waals surface area contributed by atoms with E-state index in [1.807, 2.05) is 30.3 Å². The Morgan fingerprint density at radius 3 is 2.60 bits per heavy atom. The van der Waals surface area contributed by atoms with E-state index in [1.54, 1.807) is 25.1 Å². The lowest BCUT2D eigenvalue weighted by Crippen LogP contribution is -2.12.